The summed E-state index contributed by atoms with van der Waals surface area (Å²) in [7, 11) is 3.76. The summed E-state index contributed by atoms with van der Waals surface area (Å²) in [4.78, 5) is 26.4. The molecule has 0 fully saturated rings. The summed E-state index contributed by atoms with van der Waals surface area (Å²) >= 11 is 0. The summed E-state index contributed by atoms with van der Waals surface area (Å²) in [5, 5.41) is 12.8. The quantitative estimate of drug-likeness (QED) is 0.760. The topological polar surface area (TPSA) is 86.9 Å². The van der Waals surface area contributed by atoms with Gasteiger partial charge < -0.3 is 19.4 Å². The maximum absolute atomic E-state index is 12.2. The normalized spacial score (nSPS) is 10.9. The molecule has 0 saturated heterocycles. The number of hydrogen-bond acceptors (Lipinski definition) is 5. The summed E-state index contributed by atoms with van der Waals surface area (Å²) in [6, 6.07) is 0. The van der Waals surface area contributed by atoms with Crippen LogP contribution in [-0.4, -0.2) is 65.7 Å². The molecule has 0 saturated carbocycles. The average Bonchev–Trinajstić information content (AvgIpc) is 2.70. The van der Waals surface area contributed by atoms with E-state index in [1.165, 1.54) is 4.90 Å². The molecule has 0 aliphatic carbocycles. The molecule has 0 spiro atoms. The minimum atomic E-state index is -1.00. The van der Waals surface area contributed by atoms with Gasteiger partial charge in [-0.3, -0.25) is 9.59 Å². The van der Waals surface area contributed by atoms with Gasteiger partial charge in [-0.2, -0.15) is 0 Å². The van der Waals surface area contributed by atoms with Gasteiger partial charge in [-0.1, -0.05) is 5.16 Å². The molecule has 0 aliphatic rings. The van der Waals surface area contributed by atoms with Crippen LogP contribution in [0.25, 0.3) is 0 Å². The number of carbonyl (C=O) groups excluding carboxylic acids is 1. The van der Waals surface area contributed by atoms with Gasteiger partial charge in [0, 0.05) is 25.1 Å². The summed E-state index contributed by atoms with van der Waals surface area (Å²) in [6.07, 6.45) is 0.766. The molecule has 118 valence electrons. The largest absolute Gasteiger partial charge is 0.480 e. The maximum Gasteiger partial charge on any atom is 0.323 e. The first-order valence-electron chi connectivity index (χ1n) is 6.87. The molecule has 1 N–H and O–H groups in total. The Kier molecular flexibility index (Phi) is 6.36. The Balaban J connectivity index is 2.61. The molecule has 0 unspecified atom stereocenters. The monoisotopic (exact) mass is 297 g/mol. The lowest BCUT2D eigenvalue weighted by atomic mass is 10.1. The molecule has 7 heteroatoms. The third-order valence-electron chi connectivity index (χ3n) is 3.27. The number of nitrogens with zero attached hydrogens (tertiary/aromatic N) is 3. The van der Waals surface area contributed by atoms with Crippen molar-refractivity contribution in [3.8, 4) is 0 Å². The summed E-state index contributed by atoms with van der Waals surface area (Å²) in [5.41, 5.74) is 1.70. The molecule has 0 aliphatic heterocycles. The van der Waals surface area contributed by atoms with Gasteiger partial charge in [-0.25, -0.2) is 0 Å². The molecule has 21 heavy (non-hydrogen) atoms. The Hall–Kier alpha value is -1.89. The van der Waals surface area contributed by atoms with Crippen LogP contribution in [0.15, 0.2) is 4.52 Å². The number of amides is 1. The zero-order valence-corrected chi connectivity index (χ0v) is 13.0. The van der Waals surface area contributed by atoms with Gasteiger partial charge in [0.2, 0.25) is 5.91 Å². The Morgan fingerprint density at radius 2 is 1.90 bits per heavy atom. The van der Waals surface area contributed by atoms with Crippen molar-refractivity contribution in [2.75, 3.05) is 33.7 Å². The van der Waals surface area contributed by atoms with Gasteiger partial charge in [-0.05, 0) is 34.4 Å². The minimum absolute atomic E-state index is 0.167. The first kappa shape index (κ1) is 17.2. The Morgan fingerprint density at radius 3 is 2.38 bits per heavy atom. The number of carboxylic acids is 1. The lowest BCUT2D eigenvalue weighted by Gasteiger charge is -2.22. The second-order valence-corrected chi connectivity index (χ2v) is 5.32. The minimum Gasteiger partial charge on any atom is -0.480 e. The molecule has 0 radical (unpaired) electrons. The molecule has 1 heterocycles. The highest BCUT2D eigenvalue weighted by molar-refractivity contribution is 5.81. The lowest BCUT2D eigenvalue weighted by Crippen LogP contribution is -2.40. The molecule has 1 aromatic heterocycles. The van der Waals surface area contributed by atoms with Crippen LogP contribution in [0.3, 0.4) is 0 Å². The molecule has 0 aromatic carbocycles. The number of hydrogen-bond donors (Lipinski definition) is 1. The second kappa shape index (κ2) is 7.78. The van der Waals surface area contributed by atoms with E-state index in [1.54, 1.807) is 6.92 Å². The van der Waals surface area contributed by atoms with E-state index in [1.807, 2.05) is 25.9 Å². The van der Waals surface area contributed by atoms with Crippen molar-refractivity contribution < 1.29 is 19.2 Å². The van der Waals surface area contributed by atoms with Crippen LogP contribution in [0.4, 0.5) is 0 Å². The van der Waals surface area contributed by atoms with Gasteiger partial charge in [0.1, 0.15) is 12.3 Å². The van der Waals surface area contributed by atoms with E-state index in [0.29, 0.717) is 25.3 Å². The number of aromatic nitrogens is 1. The van der Waals surface area contributed by atoms with E-state index >= 15 is 0 Å². The van der Waals surface area contributed by atoms with E-state index in [0.717, 1.165) is 11.3 Å². The molecule has 1 amide bonds. The predicted molar refractivity (Wildman–Crippen MR) is 77.1 cm³/mol. The third-order valence-corrected chi connectivity index (χ3v) is 3.27. The standard InChI is InChI=1S/C14H23N3O4/c1-10-12(11(2)21-15-10)5-6-13(18)17(9-14(19)20)8-7-16(3)4/h5-9H2,1-4H3,(H,19,20). The average molecular weight is 297 g/mol. The zero-order valence-electron chi connectivity index (χ0n) is 13.0. The number of likely N-dealkylation sites (N-methyl/N-ethyl adjacent to an activating group) is 1. The number of aliphatic carboxylic acids is 1. The fourth-order valence-corrected chi connectivity index (χ4v) is 2.02. The van der Waals surface area contributed by atoms with Gasteiger partial charge in [0.25, 0.3) is 0 Å². The van der Waals surface area contributed by atoms with Crippen molar-refractivity contribution in [2.24, 2.45) is 0 Å². The van der Waals surface area contributed by atoms with Crippen molar-refractivity contribution in [3.05, 3.63) is 17.0 Å². The summed E-state index contributed by atoms with van der Waals surface area (Å²) in [5.74, 6) is -0.461. The van der Waals surface area contributed by atoms with E-state index in [-0.39, 0.29) is 18.9 Å². The first-order chi connectivity index (χ1) is 9.81. The Labute approximate surface area is 124 Å². The number of aryl methyl sites for hydroxylation is 2. The van der Waals surface area contributed by atoms with Crippen LogP contribution < -0.4 is 0 Å². The maximum atomic E-state index is 12.2. The lowest BCUT2D eigenvalue weighted by molar-refractivity contribution is -0.144. The van der Waals surface area contributed by atoms with Crippen LogP contribution in [0.2, 0.25) is 0 Å². The van der Waals surface area contributed by atoms with Crippen molar-refractivity contribution >= 4 is 11.9 Å². The summed E-state index contributed by atoms with van der Waals surface area (Å²) < 4.78 is 5.06. The first-order valence-corrected chi connectivity index (χ1v) is 6.87. The zero-order chi connectivity index (χ0) is 16.0. The van der Waals surface area contributed by atoms with Crippen molar-refractivity contribution in [3.63, 3.8) is 0 Å². The van der Waals surface area contributed by atoms with E-state index in [9.17, 15) is 9.59 Å². The number of carboxylic acid groups (broad SMARTS) is 1. The Bertz CT molecular complexity index is 477. The van der Waals surface area contributed by atoms with Crippen molar-refractivity contribution in [1.29, 1.82) is 0 Å². The van der Waals surface area contributed by atoms with Gasteiger partial charge in [0.05, 0.1) is 5.69 Å². The molecule has 0 atom stereocenters. The fraction of sp³-hybridized carbons (Fsp3) is 0.643. The second-order valence-electron chi connectivity index (χ2n) is 5.32. The van der Waals surface area contributed by atoms with Gasteiger partial charge in [0.15, 0.2) is 0 Å². The molecular weight excluding hydrogens is 274 g/mol. The highest BCUT2D eigenvalue weighted by Gasteiger charge is 2.18. The molecule has 0 bridgehead atoms. The van der Waals surface area contributed by atoms with Crippen LogP contribution in [0.1, 0.15) is 23.4 Å². The van der Waals surface area contributed by atoms with Crippen molar-refractivity contribution in [1.82, 2.24) is 15.0 Å². The highest BCUT2D eigenvalue weighted by Crippen LogP contribution is 2.14. The fourth-order valence-electron chi connectivity index (χ4n) is 2.02. The summed E-state index contributed by atoms with van der Waals surface area (Å²) in [6.45, 7) is 4.40. The van der Waals surface area contributed by atoms with Crippen LogP contribution >= 0.6 is 0 Å². The van der Waals surface area contributed by atoms with E-state index in [4.69, 9.17) is 9.63 Å². The van der Waals surface area contributed by atoms with E-state index < -0.39 is 5.97 Å². The molecular formula is C14H23N3O4. The Morgan fingerprint density at radius 1 is 1.24 bits per heavy atom. The smallest absolute Gasteiger partial charge is 0.323 e. The molecule has 7 nitrogen and oxygen atoms in total. The van der Waals surface area contributed by atoms with Crippen LogP contribution in [-0.2, 0) is 16.0 Å². The van der Waals surface area contributed by atoms with Crippen molar-refractivity contribution in [2.45, 2.75) is 26.7 Å². The van der Waals surface area contributed by atoms with Gasteiger partial charge >= 0.3 is 5.97 Å². The molecule has 1 aromatic rings. The third kappa shape index (κ3) is 5.55. The van der Waals surface area contributed by atoms with Crippen LogP contribution in [0, 0.1) is 13.8 Å². The van der Waals surface area contributed by atoms with E-state index in [2.05, 4.69) is 5.16 Å². The predicted octanol–water partition coefficient (Wildman–Crippen LogP) is 0.699. The number of carbonyl (C=O) groups is 2. The molecule has 1 rings (SSSR count). The van der Waals surface area contributed by atoms with Gasteiger partial charge in [-0.15, -0.1) is 0 Å². The number of rotatable bonds is 8. The highest BCUT2D eigenvalue weighted by atomic mass is 16.5. The SMILES string of the molecule is Cc1noc(C)c1CCC(=O)N(CCN(C)C)CC(=O)O. The van der Waals surface area contributed by atoms with Crippen LogP contribution in [0.5, 0.6) is 0 Å².